The summed E-state index contributed by atoms with van der Waals surface area (Å²) in [5.74, 6) is 0.264. The molecule has 3 N–H and O–H groups in total. The highest BCUT2D eigenvalue weighted by atomic mass is 16.2. The third-order valence-corrected chi connectivity index (χ3v) is 2.55. The minimum Gasteiger partial charge on any atom is -0.323 e. The number of amides is 1. The van der Waals surface area contributed by atoms with Crippen LogP contribution in [0.3, 0.4) is 0 Å². The standard InChI is InChI=1S/C13H21N3O/c1-8(2)7-11(14)13(17)16-12-6-5-9(3)15-10(12)4/h5-6,8,11H,7,14H2,1-4H3,(H,16,17). The maximum Gasteiger partial charge on any atom is 0.241 e. The molecule has 94 valence electrons. The van der Waals surface area contributed by atoms with Crippen molar-refractivity contribution in [1.29, 1.82) is 0 Å². The molecule has 0 saturated carbocycles. The molecule has 4 heteroatoms. The minimum absolute atomic E-state index is 0.146. The highest BCUT2D eigenvalue weighted by molar-refractivity contribution is 5.95. The van der Waals surface area contributed by atoms with Crippen molar-refractivity contribution < 1.29 is 4.79 Å². The number of carbonyl (C=O) groups is 1. The molecule has 0 aliphatic carbocycles. The summed E-state index contributed by atoms with van der Waals surface area (Å²) in [7, 11) is 0. The van der Waals surface area contributed by atoms with Crippen LogP contribution in [-0.2, 0) is 4.79 Å². The number of nitrogens with one attached hydrogen (secondary N) is 1. The van der Waals surface area contributed by atoms with Crippen molar-refractivity contribution in [2.45, 2.75) is 40.2 Å². The number of nitrogens with zero attached hydrogens (tertiary/aromatic N) is 1. The van der Waals surface area contributed by atoms with E-state index in [4.69, 9.17) is 5.73 Å². The number of pyridine rings is 1. The van der Waals surface area contributed by atoms with Gasteiger partial charge in [0.1, 0.15) is 0 Å². The van der Waals surface area contributed by atoms with Gasteiger partial charge >= 0.3 is 0 Å². The van der Waals surface area contributed by atoms with Crippen LogP contribution in [0.25, 0.3) is 0 Å². The van der Waals surface area contributed by atoms with Crippen LogP contribution >= 0.6 is 0 Å². The van der Waals surface area contributed by atoms with Gasteiger partial charge in [0.15, 0.2) is 0 Å². The van der Waals surface area contributed by atoms with E-state index in [1.807, 2.05) is 39.8 Å². The number of aromatic nitrogens is 1. The second-order valence-electron chi connectivity index (χ2n) is 4.81. The first kappa shape index (κ1) is 13.6. The highest BCUT2D eigenvalue weighted by Gasteiger charge is 2.15. The summed E-state index contributed by atoms with van der Waals surface area (Å²) in [4.78, 5) is 16.1. The quantitative estimate of drug-likeness (QED) is 0.838. The van der Waals surface area contributed by atoms with Crippen molar-refractivity contribution in [3.05, 3.63) is 23.5 Å². The molecule has 1 aromatic heterocycles. The van der Waals surface area contributed by atoms with E-state index >= 15 is 0 Å². The van der Waals surface area contributed by atoms with Crippen LogP contribution in [-0.4, -0.2) is 16.9 Å². The lowest BCUT2D eigenvalue weighted by Gasteiger charge is -2.15. The van der Waals surface area contributed by atoms with Crippen LogP contribution in [0.5, 0.6) is 0 Å². The first-order chi connectivity index (χ1) is 7.90. The molecule has 1 unspecified atom stereocenters. The lowest BCUT2D eigenvalue weighted by Crippen LogP contribution is -2.36. The van der Waals surface area contributed by atoms with E-state index in [2.05, 4.69) is 10.3 Å². The Morgan fingerprint density at radius 1 is 1.41 bits per heavy atom. The third kappa shape index (κ3) is 4.15. The Labute approximate surface area is 103 Å². The molecule has 0 spiro atoms. The summed E-state index contributed by atoms with van der Waals surface area (Å²) >= 11 is 0. The zero-order valence-corrected chi connectivity index (χ0v) is 10.9. The molecule has 1 heterocycles. The van der Waals surface area contributed by atoms with E-state index < -0.39 is 6.04 Å². The second-order valence-corrected chi connectivity index (χ2v) is 4.81. The number of hydrogen-bond acceptors (Lipinski definition) is 3. The summed E-state index contributed by atoms with van der Waals surface area (Å²) in [5, 5.41) is 2.82. The number of nitrogens with two attached hydrogens (primary N) is 1. The fraction of sp³-hybridized carbons (Fsp3) is 0.538. The summed E-state index contributed by atoms with van der Waals surface area (Å²) in [6.07, 6.45) is 0.685. The number of anilines is 1. The molecule has 0 fully saturated rings. The molecule has 1 atom stereocenters. The molecular weight excluding hydrogens is 214 g/mol. The Bertz CT molecular complexity index is 402. The Balaban J connectivity index is 2.67. The van der Waals surface area contributed by atoms with Crippen molar-refractivity contribution in [3.63, 3.8) is 0 Å². The molecule has 17 heavy (non-hydrogen) atoms. The van der Waals surface area contributed by atoms with Gasteiger partial charge in [0.2, 0.25) is 5.91 Å². The zero-order chi connectivity index (χ0) is 13.0. The van der Waals surface area contributed by atoms with Crippen LogP contribution < -0.4 is 11.1 Å². The van der Waals surface area contributed by atoms with E-state index in [9.17, 15) is 4.79 Å². The molecule has 4 nitrogen and oxygen atoms in total. The van der Waals surface area contributed by atoms with Gasteiger partial charge < -0.3 is 11.1 Å². The van der Waals surface area contributed by atoms with Crippen molar-refractivity contribution >= 4 is 11.6 Å². The molecular formula is C13H21N3O. The average molecular weight is 235 g/mol. The van der Waals surface area contributed by atoms with E-state index in [1.165, 1.54) is 0 Å². The van der Waals surface area contributed by atoms with Gasteiger partial charge in [-0.3, -0.25) is 9.78 Å². The molecule has 0 radical (unpaired) electrons. The molecule has 0 saturated heterocycles. The SMILES string of the molecule is Cc1ccc(NC(=O)C(N)CC(C)C)c(C)n1. The summed E-state index contributed by atoms with van der Waals surface area (Å²) in [5.41, 5.74) is 8.30. The maximum atomic E-state index is 11.8. The number of carbonyl (C=O) groups excluding carboxylic acids is 1. The Morgan fingerprint density at radius 2 is 2.06 bits per heavy atom. The number of rotatable bonds is 4. The predicted molar refractivity (Wildman–Crippen MR) is 69.8 cm³/mol. The molecule has 0 aliphatic rings. The van der Waals surface area contributed by atoms with Crippen molar-refractivity contribution in [2.24, 2.45) is 11.7 Å². The lowest BCUT2D eigenvalue weighted by molar-refractivity contribution is -0.117. The van der Waals surface area contributed by atoms with Crippen LogP contribution in [0.15, 0.2) is 12.1 Å². The predicted octanol–water partition coefficient (Wildman–Crippen LogP) is 2.01. The van der Waals surface area contributed by atoms with Gasteiger partial charge in [-0.25, -0.2) is 0 Å². The molecule has 0 aromatic carbocycles. The summed E-state index contributed by atoms with van der Waals surface area (Å²) in [6.45, 7) is 7.89. The van der Waals surface area contributed by atoms with Crippen LogP contribution in [0.1, 0.15) is 31.7 Å². The Hall–Kier alpha value is -1.42. The molecule has 1 amide bonds. The highest BCUT2D eigenvalue weighted by Crippen LogP contribution is 2.13. The smallest absolute Gasteiger partial charge is 0.241 e. The molecule has 1 rings (SSSR count). The van der Waals surface area contributed by atoms with Crippen molar-refractivity contribution in [3.8, 4) is 0 Å². The van der Waals surface area contributed by atoms with E-state index in [1.54, 1.807) is 0 Å². The Morgan fingerprint density at radius 3 is 2.59 bits per heavy atom. The van der Waals surface area contributed by atoms with Crippen LogP contribution in [0, 0.1) is 19.8 Å². The van der Waals surface area contributed by atoms with Crippen molar-refractivity contribution in [2.75, 3.05) is 5.32 Å². The molecule has 0 bridgehead atoms. The maximum absolute atomic E-state index is 11.8. The van der Waals surface area contributed by atoms with Gasteiger partial charge in [-0.15, -0.1) is 0 Å². The van der Waals surface area contributed by atoms with Gasteiger partial charge in [0.05, 0.1) is 17.4 Å². The second kappa shape index (κ2) is 5.77. The minimum atomic E-state index is -0.462. The topological polar surface area (TPSA) is 68.0 Å². The first-order valence-corrected chi connectivity index (χ1v) is 5.91. The largest absolute Gasteiger partial charge is 0.323 e. The normalized spacial score (nSPS) is 12.6. The Kier molecular flexibility index (Phi) is 4.63. The van der Waals surface area contributed by atoms with Crippen LogP contribution in [0.4, 0.5) is 5.69 Å². The average Bonchev–Trinajstić information content (AvgIpc) is 2.21. The summed E-state index contributed by atoms with van der Waals surface area (Å²) in [6, 6.07) is 3.27. The van der Waals surface area contributed by atoms with Gasteiger partial charge in [-0.1, -0.05) is 13.8 Å². The van der Waals surface area contributed by atoms with E-state index in [0.29, 0.717) is 12.3 Å². The van der Waals surface area contributed by atoms with E-state index in [0.717, 1.165) is 17.1 Å². The third-order valence-electron chi connectivity index (χ3n) is 2.55. The monoisotopic (exact) mass is 235 g/mol. The molecule has 0 aliphatic heterocycles. The fourth-order valence-electron chi connectivity index (χ4n) is 1.66. The van der Waals surface area contributed by atoms with Crippen LogP contribution in [0.2, 0.25) is 0 Å². The lowest BCUT2D eigenvalue weighted by atomic mass is 10.0. The van der Waals surface area contributed by atoms with Gasteiger partial charge in [0.25, 0.3) is 0 Å². The molecule has 1 aromatic rings. The van der Waals surface area contributed by atoms with E-state index in [-0.39, 0.29) is 5.91 Å². The number of aryl methyl sites for hydroxylation is 2. The van der Waals surface area contributed by atoms with Gasteiger partial charge in [-0.2, -0.15) is 0 Å². The zero-order valence-electron chi connectivity index (χ0n) is 10.9. The van der Waals surface area contributed by atoms with Gasteiger partial charge in [-0.05, 0) is 38.3 Å². The summed E-state index contributed by atoms with van der Waals surface area (Å²) < 4.78 is 0. The van der Waals surface area contributed by atoms with Gasteiger partial charge in [0, 0.05) is 5.69 Å². The number of hydrogen-bond donors (Lipinski definition) is 2. The first-order valence-electron chi connectivity index (χ1n) is 5.91. The van der Waals surface area contributed by atoms with Crippen molar-refractivity contribution in [1.82, 2.24) is 4.98 Å². The fourth-order valence-corrected chi connectivity index (χ4v) is 1.66.